The first-order valence-corrected chi connectivity index (χ1v) is 12.1. The third-order valence-corrected chi connectivity index (χ3v) is 7.27. The molecule has 7 nitrogen and oxygen atoms in total. The second-order valence-corrected chi connectivity index (χ2v) is 9.46. The molecule has 9 heteroatoms. The number of ether oxygens (including phenoxy) is 2. The van der Waals surface area contributed by atoms with E-state index in [9.17, 15) is 12.8 Å². The van der Waals surface area contributed by atoms with E-state index in [1.165, 1.54) is 19.2 Å². The van der Waals surface area contributed by atoms with Crippen molar-refractivity contribution < 1.29 is 26.8 Å². The first kappa shape index (κ1) is 24.7. The SMILES string of the molecule is CCCc1c(-c2cc(F)ccc2OC)ccc(C(C)NS(=O)(=O)c2c(C)noc2C)c1OC. The second-order valence-electron chi connectivity index (χ2n) is 7.81. The Labute approximate surface area is 193 Å². The van der Waals surface area contributed by atoms with Crippen LogP contribution in [0.15, 0.2) is 39.8 Å². The number of rotatable bonds is 9. The van der Waals surface area contributed by atoms with Crippen LogP contribution in [-0.2, 0) is 16.4 Å². The number of sulfonamides is 1. The Morgan fingerprint density at radius 1 is 1.12 bits per heavy atom. The standard InChI is InChI=1S/C24H29FN2O5S/c1-7-8-20-19(21-13-17(25)9-12-22(21)30-5)11-10-18(23(20)31-6)14(2)27-33(28,29)24-15(3)26-32-16(24)4/h9-14,27H,7-8H2,1-6H3. The first-order chi connectivity index (χ1) is 15.6. The molecule has 3 rings (SSSR count). The summed E-state index contributed by atoms with van der Waals surface area (Å²) in [6.07, 6.45) is 1.46. The number of benzene rings is 2. The van der Waals surface area contributed by atoms with E-state index < -0.39 is 16.1 Å². The van der Waals surface area contributed by atoms with E-state index in [1.54, 1.807) is 40.0 Å². The summed E-state index contributed by atoms with van der Waals surface area (Å²) in [4.78, 5) is 0.0308. The normalized spacial score (nSPS) is 12.6. The maximum atomic E-state index is 14.1. The highest BCUT2D eigenvalue weighted by atomic mass is 32.2. The van der Waals surface area contributed by atoms with Gasteiger partial charge in [-0.25, -0.2) is 17.5 Å². The molecule has 0 saturated carbocycles. The monoisotopic (exact) mass is 476 g/mol. The lowest BCUT2D eigenvalue weighted by atomic mass is 9.91. The average molecular weight is 477 g/mol. The van der Waals surface area contributed by atoms with Crippen LogP contribution in [0.2, 0.25) is 0 Å². The molecule has 0 saturated heterocycles. The number of nitrogens with zero attached hydrogens (tertiary/aromatic N) is 1. The second kappa shape index (κ2) is 9.93. The van der Waals surface area contributed by atoms with Crippen LogP contribution in [0.4, 0.5) is 4.39 Å². The van der Waals surface area contributed by atoms with Crippen molar-refractivity contribution in [1.82, 2.24) is 9.88 Å². The zero-order valence-corrected chi connectivity index (χ0v) is 20.5. The Morgan fingerprint density at radius 3 is 2.42 bits per heavy atom. The van der Waals surface area contributed by atoms with Crippen LogP contribution in [0.5, 0.6) is 11.5 Å². The minimum Gasteiger partial charge on any atom is -0.496 e. The largest absolute Gasteiger partial charge is 0.496 e. The van der Waals surface area contributed by atoms with Crippen LogP contribution < -0.4 is 14.2 Å². The molecule has 33 heavy (non-hydrogen) atoms. The number of hydrogen-bond donors (Lipinski definition) is 1. The summed E-state index contributed by atoms with van der Waals surface area (Å²) in [5.74, 6) is 0.932. The molecular formula is C24H29FN2O5S. The van der Waals surface area contributed by atoms with Crippen molar-refractivity contribution in [3.63, 3.8) is 0 Å². The molecule has 0 radical (unpaired) electrons. The zero-order valence-electron chi connectivity index (χ0n) is 19.7. The van der Waals surface area contributed by atoms with E-state index in [0.29, 0.717) is 34.7 Å². The van der Waals surface area contributed by atoms with Crippen molar-refractivity contribution in [1.29, 1.82) is 0 Å². The van der Waals surface area contributed by atoms with Gasteiger partial charge in [0.1, 0.15) is 27.9 Å². The van der Waals surface area contributed by atoms with Gasteiger partial charge in [0.2, 0.25) is 10.0 Å². The molecule has 0 aliphatic heterocycles. The zero-order chi connectivity index (χ0) is 24.3. The quantitative estimate of drug-likeness (QED) is 0.462. The fraction of sp³-hybridized carbons (Fsp3) is 0.375. The van der Waals surface area contributed by atoms with Crippen molar-refractivity contribution in [2.75, 3.05) is 14.2 Å². The minimum atomic E-state index is -3.89. The summed E-state index contributed by atoms with van der Waals surface area (Å²) in [7, 11) is -0.809. The highest BCUT2D eigenvalue weighted by Crippen LogP contribution is 2.41. The van der Waals surface area contributed by atoms with Gasteiger partial charge in [-0.2, -0.15) is 0 Å². The average Bonchev–Trinajstić information content (AvgIpc) is 3.12. The van der Waals surface area contributed by atoms with E-state index in [4.69, 9.17) is 14.0 Å². The number of aromatic nitrogens is 1. The first-order valence-electron chi connectivity index (χ1n) is 10.6. The molecule has 0 bridgehead atoms. The van der Waals surface area contributed by atoms with Gasteiger partial charge in [0, 0.05) is 22.7 Å². The van der Waals surface area contributed by atoms with Gasteiger partial charge in [0.05, 0.1) is 14.2 Å². The molecule has 1 unspecified atom stereocenters. The van der Waals surface area contributed by atoms with Gasteiger partial charge < -0.3 is 14.0 Å². The molecule has 0 aliphatic carbocycles. The molecule has 1 atom stereocenters. The molecule has 0 spiro atoms. The molecule has 1 aromatic heterocycles. The fourth-order valence-electron chi connectivity index (χ4n) is 4.08. The summed E-state index contributed by atoms with van der Waals surface area (Å²) in [6, 6.07) is 7.38. The molecule has 2 aromatic carbocycles. The molecule has 1 N–H and O–H groups in total. The third kappa shape index (κ3) is 4.89. The van der Waals surface area contributed by atoms with Gasteiger partial charge in [0.15, 0.2) is 5.76 Å². The summed E-state index contributed by atoms with van der Waals surface area (Å²) in [5.41, 5.74) is 3.18. The van der Waals surface area contributed by atoms with E-state index in [1.807, 2.05) is 13.0 Å². The predicted molar refractivity (Wildman–Crippen MR) is 124 cm³/mol. The van der Waals surface area contributed by atoms with E-state index in [2.05, 4.69) is 9.88 Å². The predicted octanol–water partition coefficient (Wildman–Crippen LogP) is 5.11. The van der Waals surface area contributed by atoms with Gasteiger partial charge in [0.25, 0.3) is 0 Å². The van der Waals surface area contributed by atoms with Crippen LogP contribution in [0.25, 0.3) is 11.1 Å². The Bertz CT molecular complexity index is 1230. The van der Waals surface area contributed by atoms with Gasteiger partial charge in [-0.1, -0.05) is 30.6 Å². The maximum Gasteiger partial charge on any atom is 0.246 e. The Balaban J connectivity index is 2.11. The van der Waals surface area contributed by atoms with Crippen LogP contribution in [0, 0.1) is 19.7 Å². The number of hydrogen-bond acceptors (Lipinski definition) is 6. The van der Waals surface area contributed by atoms with E-state index in [0.717, 1.165) is 17.5 Å². The summed E-state index contributed by atoms with van der Waals surface area (Å²) >= 11 is 0. The smallest absolute Gasteiger partial charge is 0.246 e. The summed E-state index contributed by atoms with van der Waals surface area (Å²) < 4.78 is 59.1. The number of aryl methyl sites for hydroxylation is 2. The van der Waals surface area contributed by atoms with Crippen LogP contribution in [-0.4, -0.2) is 27.8 Å². The highest BCUT2D eigenvalue weighted by molar-refractivity contribution is 7.89. The highest BCUT2D eigenvalue weighted by Gasteiger charge is 2.28. The van der Waals surface area contributed by atoms with E-state index in [-0.39, 0.29) is 16.5 Å². The lowest BCUT2D eigenvalue weighted by Gasteiger charge is -2.22. The number of nitrogens with one attached hydrogen (secondary N) is 1. The van der Waals surface area contributed by atoms with Gasteiger partial charge in [-0.3, -0.25) is 0 Å². The Morgan fingerprint density at radius 2 is 1.85 bits per heavy atom. The van der Waals surface area contributed by atoms with Crippen molar-refractivity contribution in [2.45, 2.75) is 51.5 Å². The number of halogens is 1. The maximum absolute atomic E-state index is 14.1. The molecular weight excluding hydrogens is 447 g/mol. The molecule has 0 amide bonds. The Hall–Kier alpha value is -2.91. The molecule has 0 fully saturated rings. The van der Waals surface area contributed by atoms with Crippen LogP contribution in [0.1, 0.15) is 48.9 Å². The van der Waals surface area contributed by atoms with Crippen molar-refractivity contribution in [3.8, 4) is 22.6 Å². The van der Waals surface area contributed by atoms with Gasteiger partial charge in [-0.15, -0.1) is 0 Å². The molecule has 0 aliphatic rings. The topological polar surface area (TPSA) is 90.7 Å². The van der Waals surface area contributed by atoms with Gasteiger partial charge >= 0.3 is 0 Å². The Kier molecular flexibility index (Phi) is 7.44. The molecule has 1 heterocycles. The minimum absolute atomic E-state index is 0.0308. The van der Waals surface area contributed by atoms with Crippen LogP contribution in [0.3, 0.4) is 0 Å². The lowest BCUT2D eigenvalue weighted by molar-refractivity contribution is 0.390. The lowest BCUT2D eigenvalue weighted by Crippen LogP contribution is -2.28. The van der Waals surface area contributed by atoms with E-state index >= 15 is 0 Å². The van der Waals surface area contributed by atoms with Crippen molar-refractivity contribution in [3.05, 3.63) is 58.7 Å². The van der Waals surface area contributed by atoms with Gasteiger partial charge in [-0.05, 0) is 51.0 Å². The van der Waals surface area contributed by atoms with Crippen molar-refractivity contribution in [2.24, 2.45) is 0 Å². The third-order valence-electron chi connectivity index (χ3n) is 5.48. The summed E-state index contributed by atoms with van der Waals surface area (Å²) in [6.45, 7) is 6.91. The van der Waals surface area contributed by atoms with Crippen LogP contribution >= 0.6 is 0 Å². The summed E-state index contributed by atoms with van der Waals surface area (Å²) in [5, 5.41) is 3.74. The molecule has 178 valence electrons. The molecule has 3 aromatic rings. The fourth-order valence-corrected chi connectivity index (χ4v) is 5.63. The van der Waals surface area contributed by atoms with Crippen molar-refractivity contribution >= 4 is 10.0 Å². The number of methoxy groups -OCH3 is 2.